The van der Waals surface area contributed by atoms with Crippen molar-refractivity contribution in [3.63, 3.8) is 0 Å². The number of anilines is 1. The van der Waals surface area contributed by atoms with Gasteiger partial charge in [0.15, 0.2) is 9.84 Å². The highest BCUT2D eigenvalue weighted by Crippen LogP contribution is 2.38. The van der Waals surface area contributed by atoms with Crippen LogP contribution in [0.5, 0.6) is 0 Å². The Morgan fingerprint density at radius 1 is 1.03 bits per heavy atom. The van der Waals surface area contributed by atoms with Crippen molar-refractivity contribution in [1.82, 2.24) is 9.97 Å². The Balaban J connectivity index is 1.63. The van der Waals surface area contributed by atoms with Crippen molar-refractivity contribution in [2.75, 3.05) is 11.6 Å². The number of benzene rings is 2. The molecule has 4 aromatic rings. The molecule has 6 nitrogen and oxygen atoms in total. The first kappa shape index (κ1) is 21.5. The molecule has 2 heterocycles. The SMILES string of the molecule is Cc1sc2ncnc(Sc3ccccc3C(=O)Nc3ccc(S(C)(=O)=O)cc3)c2c1C. The summed E-state index contributed by atoms with van der Waals surface area (Å²) >= 11 is 3.06. The molecular weight excluding hydrogens is 450 g/mol. The lowest BCUT2D eigenvalue weighted by atomic mass is 10.2. The molecule has 158 valence electrons. The van der Waals surface area contributed by atoms with Gasteiger partial charge in [0.2, 0.25) is 0 Å². The van der Waals surface area contributed by atoms with Crippen LogP contribution in [0, 0.1) is 13.8 Å². The number of carbonyl (C=O) groups excluding carboxylic acids is 1. The maximum atomic E-state index is 13.0. The van der Waals surface area contributed by atoms with E-state index in [4.69, 9.17) is 0 Å². The van der Waals surface area contributed by atoms with Gasteiger partial charge in [-0.1, -0.05) is 23.9 Å². The van der Waals surface area contributed by atoms with Gasteiger partial charge in [0, 0.05) is 27.1 Å². The number of carbonyl (C=O) groups is 1. The molecule has 0 saturated heterocycles. The quantitative estimate of drug-likeness (QED) is 0.408. The summed E-state index contributed by atoms with van der Waals surface area (Å²) in [5.41, 5.74) is 2.18. The fourth-order valence-electron chi connectivity index (χ4n) is 3.06. The molecule has 0 atom stereocenters. The second kappa shape index (κ2) is 8.41. The standard InChI is InChI=1S/C22H19N3O3S3/c1-13-14(2)29-21-19(13)22(24-12-23-21)30-18-7-5-4-6-17(18)20(26)25-15-8-10-16(11-9-15)31(3,27)28/h4-12H,1-3H3,(H,25,26). The topological polar surface area (TPSA) is 89.0 Å². The summed E-state index contributed by atoms with van der Waals surface area (Å²) in [5.74, 6) is -0.279. The van der Waals surface area contributed by atoms with Gasteiger partial charge < -0.3 is 5.32 Å². The van der Waals surface area contributed by atoms with E-state index in [1.165, 1.54) is 28.8 Å². The Labute approximate surface area is 188 Å². The third-order valence-electron chi connectivity index (χ3n) is 4.81. The Morgan fingerprint density at radius 2 is 1.74 bits per heavy atom. The number of rotatable bonds is 5. The van der Waals surface area contributed by atoms with Gasteiger partial charge in [-0.05, 0) is 55.8 Å². The van der Waals surface area contributed by atoms with Crippen molar-refractivity contribution in [3.8, 4) is 0 Å². The average Bonchev–Trinajstić information content (AvgIpc) is 3.03. The monoisotopic (exact) mass is 469 g/mol. The summed E-state index contributed by atoms with van der Waals surface area (Å²) < 4.78 is 23.2. The van der Waals surface area contributed by atoms with Crippen LogP contribution in [0.15, 0.2) is 69.7 Å². The van der Waals surface area contributed by atoms with Crippen molar-refractivity contribution in [2.45, 2.75) is 28.7 Å². The molecule has 0 unspecified atom stereocenters. The lowest BCUT2D eigenvalue weighted by molar-refractivity contribution is 0.102. The van der Waals surface area contributed by atoms with Crippen molar-refractivity contribution >= 4 is 54.7 Å². The van der Waals surface area contributed by atoms with Crippen molar-refractivity contribution in [1.29, 1.82) is 0 Å². The lowest BCUT2D eigenvalue weighted by Crippen LogP contribution is -2.13. The van der Waals surface area contributed by atoms with Gasteiger partial charge in [0.25, 0.3) is 5.91 Å². The van der Waals surface area contributed by atoms with E-state index in [2.05, 4.69) is 29.1 Å². The summed E-state index contributed by atoms with van der Waals surface area (Å²) in [6.07, 6.45) is 2.70. The number of sulfone groups is 1. The van der Waals surface area contributed by atoms with E-state index in [0.29, 0.717) is 11.3 Å². The van der Waals surface area contributed by atoms with Crippen LogP contribution in [0.25, 0.3) is 10.2 Å². The van der Waals surface area contributed by atoms with Gasteiger partial charge >= 0.3 is 0 Å². The van der Waals surface area contributed by atoms with Crippen molar-refractivity contribution in [2.24, 2.45) is 0 Å². The first-order valence-corrected chi connectivity index (χ1v) is 12.9. The predicted octanol–water partition coefficient (Wildman–Crippen LogP) is 5.12. The number of hydrogen-bond donors (Lipinski definition) is 1. The molecule has 31 heavy (non-hydrogen) atoms. The van der Waals surface area contributed by atoms with Crippen LogP contribution < -0.4 is 5.32 Å². The van der Waals surface area contributed by atoms with E-state index in [9.17, 15) is 13.2 Å². The number of amides is 1. The van der Waals surface area contributed by atoms with Crippen LogP contribution in [0.2, 0.25) is 0 Å². The van der Waals surface area contributed by atoms with Crippen LogP contribution in [-0.4, -0.2) is 30.5 Å². The summed E-state index contributed by atoms with van der Waals surface area (Å²) in [6.45, 7) is 4.12. The highest BCUT2D eigenvalue weighted by molar-refractivity contribution is 7.99. The van der Waals surface area contributed by atoms with Crippen LogP contribution in [-0.2, 0) is 9.84 Å². The fraction of sp³-hybridized carbons (Fsp3) is 0.136. The second-order valence-corrected chi connectivity index (χ2v) is 11.2. The Hall–Kier alpha value is -2.75. The molecule has 0 radical (unpaired) electrons. The van der Waals surface area contributed by atoms with E-state index in [1.54, 1.807) is 41.9 Å². The Bertz CT molecular complexity index is 1390. The van der Waals surface area contributed by atoms with E-state index in [0.717, 1.165) is 32.0 Å². The summed E-state index contributed by atoms with van der Waals surface area (Å²) in [5, 5.41) is 4.66. The van der Waals surface area contributed by atoms with Crippen LogP contribution in [0.3, 0.4) is 0 Å². The Kier molecular flexibility index (Phi) is 5.83. The molecular formula is C22H19N3O3S3. The molecule has 9 heteroatoms. The molecule has 2 aromatic heterocycles. The molecule has 0 saturated carbocycles. The van der Waals surface area contributed by atoms with Gasteiger partial charge in [-0.25, -0.2) is 18.4 Å². The number of nitrogens with zero attached hydrogens (tertiary/aromatic N) is 2. The summed E-state index contributed by atoms with van der Waals surface area (Å²) in [6, 6.07) is 13.4. The largest absolute Gasteiger partial charge is 0.322 e. The zero-order valence-corrected chi connectivity index (χ0v) is 19.5. The molecule has 1 amide bonds. The smallest absolute Gasteiger partial charge is 0.256 e. The van der Waals surface area contributed by atoms with Crippen LogP contribution in [0.1, 0.15) is 20.8 Å². The highest BCUT2D eigenvalue weighted by Gasteiger charge is 2.17. The van der Waals surface area contributed by atoms with E-state index in [1.807, 2.05) is 12.1 Å². The van der Waals surface area contributed by atoms with Gasteiger partial charge in [0.1, 0.15) is 16.2 Å². The van der Waals surface area contributed by atoms with Gasteiger partial charge in [0.05, 0.1) is 10.5 Å². The average molecular weight is 470 g/mol. The zero-order chi connectivity index (χ0) is 22.2. The molecule has 4 rings (SSSR count). The van der Waals surface area contributed by atoms with Crippen LogP contribution >= 0.6 is 23.1 Å². The Morgan fingerprint density at radius 3 is 2.45 bits per heavy atom. The van der Waals surface area contributed by atoms with Gasteiger partial charge in [-0.3, -0.25) is 4.79 Å². The third-order valence-corrected chi connectivity index (χ3v) is 8.13. The zero-order valence-electron chi connectivity index (χ0n) is 17.0. The number of aryl methyl sites for hydroxylation is 2. The van der Waals surface area contributed by atoms with Gasteiger partial charge in [-0.15, -0.1) is 11.3 Å². The maximum absolute atomic E-state index is 13.0. The minimum absolute atomic E-state index is 0.204. The molecule has 0 aliphatic rings. The van der Waals surface area contributed by atoms with Crippen molar-refractivity contribution in [3.05, 3.63) is 70.9 Å². The second-order valence-electron chi connectivity index (χ2n) is 6.99. The normalized spacial score (nSPS) is 11.6. The summed E-state index contributed by atoms with van der Waals surface area (Å²) in [7, 11) is -3.29. The highest BCUT2D eigenvalue weighted by atomic mass is 32.2. The van der Waals surface area contributed by atoms with Crippen molar-refractivity contribution < 1.29 is 13.2 Å². The summed E-state index contributed by atoms with van der Waals surface area (Å²) in [4.78, 5) is 24.9. The number of aromatic nitrogens is 2. The minimum Gasteiger partial charge on any atom is -0.322 e. The molecule has 0 aliphatic heterocycles. The molecule has 0 aliphatic carbocycles. The van der Waals surface area contributed by atoms with E-state index in [-0.39, 0.29) is 10.8 Å². The molecule has 0 fully saturated rings. The maximum Gasteiger partial charge on any atom is 0.256 e. The minimum atomic E-state index is -3.29. The molecule has 0 bridgehead atoms. The molecule has 0 spiro atoms. The number of thiophene rings is 1. The fourth-order valence-corrected chi connectivity index (χ4v) is 5.83. The number of hydrogen-bond acceptors (Lipinski definition) is 7. The molecule has 2 aromatic carbocycles. The number of nitrogens with one attached hydrogen (secondary N) is 1. The number of fused-ring (bicyclic) bond motifs is 1. The molecule has 1 N–H and O–H groups in total. The van der Waals surface area contributed by atoms with E-state index >= 15 is 0 Å². The lowest BCUT2D eigenvalue weighted by Gasteiger charge is -2.11. The first-order chi connectivity index (χ1) is 14.7. The van der Waals surface area contributed by atoms with Gasteiger partial charge in [-0.2, -0.15) is 0 Å². The van der Waals surface area contributed by atoms with E-state index < -0.39 is 9.84 Å². The third kappa shape index (κ3) is 4.48. The predicted molar refractivity (Wildman–Crippen MR) is 125 cm³/mol. The first-order valence-electron chi connectivity index (χ1n) is 9.33. The van der Waals surface area contributed by atoms with Crippen LogP contribution in [0.4, 0.5) is 5.69 Å².